The summed E-state index contributed by atoms with van der Waals surface area (Å²) in [4.78, 5) is 29.0. The van der Waals surface area contributed by atoms with Gasteiger partial charge in [-0.05, 0) is 12.3 Å². The van der Waals surface area contributed by atoms with Crippen LogP contribution in [-0.2, 0) is 22.7 Å². The summed E-state index contributed by atoms with van der Waals surface area (Å²) in [5.74, 6) is 0.515. The Hall–Kier alpha value is -1.76. The average molecular weight is 265 g/mol. The predicted octanol–water partition coefficient (Wildman–Crippen LogP) is -0.0896. The molecule has 0 aromatic carbocycles. The molecule has 1 fully saturated rings. The van der Waals surface area contributed by atoms with E-state index >= 15 is 0 Å². The number of piperidine rings is 1. The highest BCUT2D eigenvalue weighted by atomic mass is 16.2. The summed E-state index contributed by atoms with van der Waals surface area (Å²) in [6.07, 6.45) is 2.18. The van der Waals surface area contributed by atoms with E-state index in [2.05, 4.69) is 23.9 Å². The topological polar surface area (TPSA) is 94.1 Å². The maximum Gasteiger partial charge on any atom is 0.246 e. The largest absolute Gasteiger partial charge is 0.320 e. The van der Waals surface area contributed by atoms with E-state index in [1.807, 2.05) is 0 Å². The Balaban J connectivity index is 2.13. The molecule has 0 spiro atoms. The number of nitrogens with zero attached hydrogens (tertiary/aromatic N) is 4. The number of carbonyl (C=O) groups excluding carboxylic acids is 2. The molecule has 0 saturated carbocycles. The molecule has 2 amide bonds. The zero-order valence-electron chi connectivity index (χ0n) is 11.2. The van der Waals surface area contributed by atoms with Crippen molar-refractivity contribution in [1.29, 1.82) is 0 Å². The van der Waals surface area contributed by atoms with Gasteiger partial charge in [-0.2, -0.15) is 5.10 Å². The first-order chi connectivity index (χ1) is 8.99. The van der Waals surface area contributed by atoms with E-state index in [1.165, 1.54) is 11.2 Å². The molecule has 2 heterocycles. The van der Waals surface area contributed by atoms with Crippen LogP contribution in [0.4, 0.5) is 0 Å². The molecule has 1 aliphatic rings. The Morgan fingerprint density at radius 1 is 1.47 bits per heavy atom. The number of likely N-dealkylation sites (tertiary alicyclic amines) is 1. The van der Waals surface area contributed by atoms with E-state index in [0.29, 0.717) is 31.1 Å². The summed E-state index contributed by atoms with van der Waals surface area (Å²) in [6.45, 7) is 4.99. The Morgan fingerprint density at radius 2 is 2.21 bits per heavy atom. The van der Waals surface area contributed by atoms with Gasteiger partial charge in [-0.1, -0.05) is 13.8 Å². The minimum atomic E-state index is -0.584. The van der Waals surface area contributed by atoms with Crippen LogP contribution >= 0.6 is 0 Å². The quantitative estimate of drug-likeness (QED) is 0.768. The lowest BCUT2D eigenvalue weighted by atomic mass is 10.1. The second-order valence-electron chi connectivity index (χ2n) is 5.22. The lowest BCUT2D eigenvalue weighted by Crippen LogP contribution is -2.51. The minimum Gasteiger partial charge on any atom is -0.320 e. The Labute approximate surface area is 111 Å². The molecule has 104 valence electrons. The van der Waals surface area contributed by atoms with Crippen LogP contribution in [0.15, 0.2) is 6.33 Å². The molecule has 1 aromatic heterocycles. The monoisotopic (exact) mass is 265 g/mol. The molecule has 1 atom stereocenters. The summed E-state index contributed by atoms with van der Waals surface area (Å²) < 4.78 is 1.73. The highest BCUT2D eigenvalue weighted by Crippen LogP contribution is 2.14. The van der Waals surface area contributed by atoms with Crippen LogP contribution in [0.25, 0.3) is 0 Å². The van der Waals surface area contributed by atoms with Gasteiger partial charge in [0.05, 0.1) is 12.6 Å². The molecule has 1 unspecified atom stereocenters. The molecule has 1 saturated heterocycles. The van der Waals surface area contributed by atoms with Crippen LogP contribution in [0.2, 0.25) is 0 Å². The lowest BCUT2D eigenvalue weighted by Gasteiger charge is -2.28. The van der Waals surface area contributed by atoms with Crippen molar-refractivity contribution in [1.82, 2.24) is 19.7 Å². The van der Waals surface area contributed by atoms with Crippen molar-refractivity contribution < 1.29 is 9.59 Å². The summed E-state index contributed by atoms with van der Waals surface area (Å²) in [7, 11) is 0. The van der Waals surface area contributed by atoms with Gasteiger partial charge < -0.3 is 5.73 Å². The fourth-order valence-electron chi connectivity index (χ4n) is 2.08. The van der Waals surface area contributed by atoms with Crippen molar-refractivity contribution in [2.24, 2.45) is 11.7 Å². The zero-order valence-corrected chi connectivity index (χ0v) is 11.2. The minimum absolute atomic E-state index is 0.151. The smallest absolute Gasteiger partial charge is 0.246 e. The average Bonchev–Trinajstić information content (AvgIpc) is 2.76. The molecule has 2 rings (SSSR count). The molecule has 7 nitrogen and oxygen atoms in total. The number of hydrogen-bond donors (Lipinski definition) is 1. The van der Waals surface area contributed by atoms with Gasteiger partial charge in [0.2, 0.25) is 11.8 Å². The van der Waals surface area contributed by atoms with Gasteiger partial charge in [0.15, 0.2) is 0 Å². The highest BCUT2D eigenvalue weighted by Gasteiger charge is 2.32. The molecule has 1 aliphatic heterocycles. The number of aromatic nitrogens is 3. The van der Waals surface area contributed by atoms with Gasteiger partial charge in [0, 0.05) is 13.0 Å². The third-order valence-electron chi connectivity index (χ3n) is 3.09. The Morgan fingerprint density at radius 3 is 2.89 bits per heavy atom. The molecule has 19 heavy (non-hydrogen) atoms. The molecule has 7 heteroatoms. The van der Waals surface area contributed by atoms with Gasteiger partial charge in [-0.3, -0.25) is 14.5 Å². The van der Waals surface area contributed by atoms with Crippen molar-refractivity contribution >= 4 is 11.8 Å². The number of rotatable bonds is 4. The number of imide groups is 1. The molecule has 0 bridgehead atoms. The zero-order chi connectivity index (χ0) is 14.0. The Bertz CT molecular complexity index is 482. The second-order valence-corrected chi connectivity index (χ2v) is 5.22. The first kappa shape index (κ1) is 13.7. The van der Waals surface area contributed by atoms with Crippen LogP contribution in [0, 0.1) is 5.92 Å². The van der Waals surface area contributed by atoms with Crippen molar-refractivity contribution in [2.75, 3.05) is 0 Å². The van der Waals surface area contributed by atoms with Gasteiger partial charge >= 0.3 is 0 Å². The van der Waals surface area contributed by atoms with Crippen molar-refractivity contribution in [2.45, 2.75) is 45.8 Å². The SMILES string of the molecule is CC(C)Cn1ncnc1CN1C(=O)CCC(N)C1=O. The van der Waals surface area contributed by atoms with Crippen molar-refractivity contribution in [3.8, 4) is 0 Å². The van der Waals surface area contributed by atoms with Crippen LogP contribution in [-0.4, -0.2) is 37.5 Å². The van der Waals surface area contributed by atoms with E-state index in [9.17, 15) is 9.59 Å². The fourth-order valence-corrected chi connectivity index (χ4v) is 2.08. The third-order valence-corrected chi connectivity index (χ3v) is 3.09. The van der Waals surface area contributed by atoms with Crippen molar-refractivity contribution in [3.05, 3.63) is 12.2 Å². The summed E-state index contributed by atoms with van der Waals surface area (Å²) in [5, 5.41) is 4.12. The van der Waals surface area contributed by atoms with Gasteiger partial charge in [0.25, 0.3) is 0 Å². The molecular weight excluding hydrogens is 246 g/mol. The molecule has 1 aromatic rings. The van der Waals surface area contributed by atoms with Crippen molar-refractivity contribution in [3.63, 3.8) is 0 Å². The van der Waals surface area contributed by atoms with Crippen LogP contribution < -0.4 is 5.73 Å². The standard InChI is InChI=1S/C12H19N5O2/c1-8(2)5-17-10(14-7-15-17)6-16-11(18)4-3-9(13)12(16)19/h7-9H,3-6,13H2,1-2H3. The van der Waals surface area contributed by atoms with Gasteiger partial charge in [0.1, 0.15) is 12.2 Å². The van der Waals surface area contributed by atoms with E-state index < -0.39 is 6.04 Å². The van der Waals surface area contributed by atoms with E-state index in [-0.39, 0.29) is 18.4 Å². The predicted molar refractivity (Wildman–Crippen MR) is 67.6 cm³/mol. The molecular formula is C12H19N5O2. The third kappa shape index (κ3) is 2.98. The molecule has 0 aliphatic carbocycles. The maximum absolute atomic E-state index is 11.9. The molecule has 0 radical (unpaired) electrons. The van der Waals surface area contributed by atoms with Gasteiger partial charge in [-0.25, -0.2) is 9.67 Å². The summed E-state index contributed by atoms with van der Waals surface area (Å²) in [6, 6.07) is -0.584. The van der Waals surface area contributed by atoms with E-state index in [4.69, 9.17) is 5.73 Å². The van der Waals surface area contributed by atoms with Crippen LogP contribution in [0.5, 0.6) is 0 Å². The molecule has 2 N–H and O–H groups in total. The second kappa shape index (κ2) is 5.48. The highest BCUT2D eigenvalue weighted by molar-refractivity contribution is 6.00. The first-order valence-corrected chi connectivity index (χ1v) is 6.45. The number of carbonyl (C=O) groups is 2. The van der Waals surface area contributed by atoms with Crippen LogP contribution in [0.3, 0.4) is 0 Å². The van der Waals surface area contributed by atoms with Crippen LogP contribution in [0.1, 0.15) is 32.5 Å². The lowest BCUT2D eigenvalue weighted by molar-refractivity contribution is -0.150. The van der Waals surface area contributed by atoms with E-state index in [1.54, 1.807) is 4.68 Å². The maximum atomic E-state index is 11.9. The summed E-state index contributed by atoms with van der Waals surface area (Å²) in [5.41, 5.74) is 5.69. The van der Waals surface area contributed by atoms with Gasteiger partial charge in [-0.15, -0.1) is 0 Å². The first-order valence-electron chi connectivity index (χ1n) is 6.45. The number of amides is 2. The normalized spacial score (nSPS) is 20.4. The van der Waals surface area contributed by atoms with E-state index in [0.717, 1.165) is 0 Å². The number of hydrogen-bond acceptors (Lipinski definition) is 5. The summed E-state index contributed by atoms with van der Waals surface area (Å²) >= 11 is 0. The number of nitrogens with two attached hydrogens (primary N) is 1. The Kier molecular flexibility index (Phi) is 3.94. The fraction of sp³-hybridized carbons (Fsp3) is 0.667.